The summed E-state index contributed by atoms with van der Waals surface area (Å²) < 4.78 is 0. The monoisotopic (exact) mass is 221 g/mol. The minimum absolute atomic E-state index is 0.106. The minimum Gasteiger partial charge on any atom is -0.388 e. The smallest absolute Gasteiger partial charge is 0.0883 e. The van der Waals surface area contributed by atoms with E-state index in [9.17, 15) is 10.4 Å². The average Bonchev–Trinajstić information content (AvgIpc) is 2.72. The SMILES string of the molecule is CC1(C)CCCCC1(O)C1(C#N)CCCC1. The second-order valence-electron chi connectivity index (χ2n) is 6.35. The molecule has 2 nitrogen and oxygen atoms in total. The van der Waals surface area contributed by atoms with Gasteiger partial charge < -0.3 is 5.11 Å². The number of hydrogen-bond acceptors (Lipinski definition) is 2. The fourth-order valence-corrected chi connectivity index (χ4v) is 3.98. The Balaban J connectivity index is 2.39. The van der Waals surface area contributed by atoms with Gasteiger partial charge in [0.1, 0.15) is 0 Å². The number of nitrogens with zero attached hydrogens (tertiary/aromatic N) is 1. The minimum atomic E-state index is -0.760. The normalized spacial score (nSPS) is 36.9. The van der Waals surface area contributed by atoms with E-state index in [1.807, 2.05) is 0 Å². The Labute approximate surface area is 98.7 Å². The van der Waals surface area contributed by atoms with Crippen molar-refractivity contribution >= 4 is 0 Å². The Hall–Kier alpha value is -0.550. The summed E-state index contributed by atoms with van der Waals surface area (Å²) in [4.78, 5) is 0. The van der Waals surface area contributed by atoms with E-state index >= 15 is 0 Å². The molecule has 16 heavy (non-hydrogen) atoms. The topological polar surface area (TPSA) is 44.0 Å². The quantitative estimate of drug-likeness (QED) is 0.737. The van der Waals surface area contributed by atoms with Crippen molar-refractivity contribution < 1.29 is 5.11 Å². The van der Waals surface area contributed by atoms with Crippen LogP contribution in [0, 0.1) is 22.2 Å². The van der Waals surface area contributed by atoms with Gasteiger partial charge in [-0.15, -0.1) is 0 Å². The summed E-state index contributed by atoms with van der Waals surface area (Å²) in [5.74, 6) is 0. The molecule has 2 aliphatic carbocycles. The van der Waals surface area contributed by atoms with Crippen LogP contribution in [0.3, 0.4) is 0 Å². The van der Waals surface area contributed by atoms with Gasteiger partial charge in [0.2, 0.25) is 0 Å². The molecular weight excluding hydrogens is 198 g/mol. The molecule has 1 atom stereocenters. The van der Waals surface area contributed by atoms with Crippen molar-refractivity contribution in [3.05, 3.63) is 0 Å². The standard InChI is InChI=1S/C14H23NO/c1-12(2)7-3-6-10-14(12,16)13(11-15)8-4-5-9-13/h16H,3-10H2,1-2H3. The van der Waals surface area contributed by atoms with Gasteiger partial charge in [-0.3, -0.25) is 0 Å². The zero-order chi connectivity index (χ0) is 11.9. The van der Waals surface area contributed by atoms with E-state index < -0.39 is 11.0 Å². The van der Waals surface area contributed by atoms with Crippen molar-refractivity contribution in [1.29, 1.82) is 5.26 Å². The molecule has 0 aromatic heterocycles. The molecule has 0 amide bonds. The van der Waals surface area contributed by atoms with Crippen LogP contribution in [-0.4, -0.2) is 10.7 Å². The molecule has 2 aliphatic rings. The van der Waals surface area contributed by atoms with Crippen molar-refractivity contribution in [3.63, 3.8) is 0 Å². The van der Waals surface area contributed by atoms with E-state index in [1.165, 1.54) is 6.42 Å². The predicted molar refractivity (Wildman–Crippen MR) is 63.7 cm³/mol. The van der Waals surface area contributed by atoms with E-state index in [-0.39, 0.29) is 5.41 Å². The largest absolute Gasteiger partial charge is 0.388 e. The lowest BCUT2D eigenvalue weighted by Gasteiger charge is -2.53. The van der Waals surface area contributed by atoms with Crippen LogP contribution in [0.5, 0.6) is 0 Å². The third-order valence-corrected chi connectivity index (χ3v) is 5.17. The lowest BCUT2D eigenvalue weighted by molar-refractivity contribution is -0.162. The molecule has 0 aromatic rings. The fraction of sp³-hybridized carbons (Fsp3) is 0.929. The maximum absolute atomic E-state index is 11.1. The Morgan fingerprint density at radius 1 is 0.938 bits per heavy atom. The lowest BCUT2D eigenvalue weighted by Crippen LogP contribution is -2.57. The number of hydrogen-bond donors (Lipinski definition) is 1. The van der Waals surface area contributed by atoms with Crippen LogP contribution >= 0.6 is 0 Å². The van der Waals surface area contributed by atoms with Gasteiger partial charge in [-0.05, 0) is 31.1 Å². The summed E-state index contributed by atoms with van der Waals surface area (Å²) in [6.45, 7) is 4.28. The van der Waals surface area contributed by atoms with Crippen molar-refractivity contribution in [3.8, 4) is 6.07 Å². The molecule has 2 saturated carbocycles. The second kappa shape index (κ2) is 3.74. The number of rotatable bonds is 1. The molecular formula is C14H23NO. The average molecular weight is 221 g/mol. The highest BCUT2D eigenvalue weighted by molar-refractivity contribution is 5.18. The lowest BCUT2D eigenvalue weighted by atomic mass is 9.54. The van der Waals surface area contributed by atoms with Gasteiger partial charge in [-0.2, -0.15) is 5.26 Å². The number of nitriles is 1. The summed E-state index contributed by atoms with van der Waals surface area (Å²) in [6.07, 6.45) is 8.12. The van der Waals surface area contributed by atoms with Crippen LogP contribution < -0.4 is 0 Å². The van der Waals surface area contributed by atoms with Crippen LogP contribution in [0.25, 0.3) is 0 Å². The van der Waals surface area contributed by atoms with Crippen LogP contribution in [0.2, 0.25) is 0 Å². The van der Waals surface area contributed by atoms with Gasteiger partial charge in [0.25, 0.3) is 0 Å². The highest BCUT2D eigenvalue weighted by Gasteiger charge is 2.60. The molecule has 0 radical (unpaired) electrons. The zero-order valence-electron chi connectivity index (χ0n) is 10.6. The second-order valence-corrected chi connectivity index (χ2v) is 6.35. The van der Waals surface area contributed by atoms with Gasteiger partial charge >= 0.3 is 0 Å². The molecule has 2 rings (SSSR count). The number of aliphatic hydroxyl groups is 1. The molecule has 2 heteroatoms. The molecule has 2 fully saturated rings. The van der Waals surface area contributed by atoms with Crippen molar-refractivity contribution in [2.75, 3.05) is 0 Å². The summed E-state index contributed by atoms with van der Waals surface area (Å²) in [5, 5.41) is 20.7. The van der Waals surface area contributed by atoms with Gasteiger partial charge in [-0.1, -0.05) is 39.5 Å². The van der Waals surface area contributed by atoms with Crippen molar-refractivity contribution in [1.82, 2.24) is 0 Å². The zero-order valence-corrected chi connectivity index (χ0v) is 10.6. The van der Waals surface area contributed by atoms with Gasteiger partial charge in [0.15, 0.2) is 0 Å². The molecule has 1 N–H and O–H groups in total. The first-order valence-corrected chi connectivity index (χ1v) is 6.61. The predicted octanol–water partition coefficient (Wildman–Crippen LogP) is 3.40. The maximum Gasteiger partial charge on any atom is 0.0883 e. The Morgan fingerprint density at radius 3 is 1.94 bits per heavy atom. The summed E-state index contributed by atoms with van der Waals surface area (Å²) in [7, 11) is 0. The molecule has 0 saturated heterocycles. The highest BCUT2D eigenvalue weighted by atomic mass is 16.3. The molecule has 0 aliphatic heterocycles. The molecule has 90 valence electrons. The molecule has 0 aromatic carbocycles. The van der Waals surface area contributed by atoms with Crippen molar-refractivity contribution in [2.45, 2.75) is 70.8 Å². The molecule has 0 bridgehead atoms. The Kier molecular flexibility index (Phi) is 2.78. The van der Waals surface area contributed by atoms with Gasteiger partial charge in [0, 0.05) is 0 Å². The first kappa shape index (κ1) is 11.9. The molecule has 0 spiro atoms. The van der Waals surface area contributed by atoms with E-state index in [0.29, 0.717) is 0 Å². The van der Waals surface area contributed by atoms with Crippen molar-refractivity contribution in [2.24, 2.45) is 10.8 Å². The summed E-state index contributed by atoms with van der Waals surface area (Å²) >= 11 is 0. The first-order chi connectivity index (χ1) is 7.47. The third-order valence-electron chi connectivity index (χ3n) is 5.17. The van der Waals surface area contributed by atoms with Gasteiger partial charge in [0.05, 0.1) is 17.1 Å². The molecule has 1 unspecified atom stereocenters. The summed E-state index contributed by atoms with van der Waals surface area (Å²) in [5.41, 5.74) is -1.33. The third kappa shape index (κ3) is 1.41. The van der Waals surface area contributed by atoms with E-state index in [4.69, 9.17) is 0 Å². The fourth-order valence-electron chi connectivity index (χ4n) is 3.98. The summed E-state index contributed by atoms with van der Waals surface area (Å²) in [6, 6.07) is 2.49. The van der Waals surface area contributed by atoms with E-state index in [0.717, 1.165) is 44.9 Å². The van der Waals surface area contributed by atoms with Crippen LogP contribution in [0.1, 0.15) is 65.2 Å². The van der Waals surface area contributed by atoms with E-state index in [1.54, 1.807) is 0 Å². The molecule has 0 heterocycles. The Bertz CT molecular complexity index is 309. The van der Waals surface area contributed by atoms with Crippen LogP contribution in [-0.2, 0) is 0 Å². The van der Waals surface area contributed by atoms with Crippen LogP contribution in [0.4, 0.5) is 0 Å². The van der Waals surface area contributed by atoms with E-state index in [2.05, 4.69) is 19.9 Å². The first-order valence-electron chi connectivity index (χ1n) is 6.61. The van der Waals surface area contributed by atoms with Crippen LogP contribution in [0.15, 0.2) is 0 Å². The van der Waals surface area contributed by atoms with Gasteiger partial charge in [-0.25, -0.2) is 0 Å². The Morgan fingerprint density at radius 2 is 1.44 bits per heavy atom. The maximum atomic E-state index is 11.1. The highest BCUT2D eigenvalue weighted by Crippen LogP contribution is 2.58.